The topological polar surface area (TPSA) is 66.7 Å². The summed E-state index contributed by atoms with van der Waals surface area (Å²) in [5.74, 6) is -0.903. The number of carboxylic acid groups (broad SMARTS) is 1. The number of hydrogen-bond acceptors (Lipinski definition) is 3. The quantitative estimate of drug-likeness (QED) is 0.751. The van der Waals surface area contributed by atoms with E-state index in [1.165, 1.54) is 0 Å². The lowest BCUT2D eigenvalue weighted by molar-refractivity contribution is -0.138. The average molecular weight is 221 g/mol. The summed E-state index contributed by atoms with van der Waals surface area (Å²) in [6, 6.07) is 8.69. The lowest BCUT2D eigenvalue weighted by Gasteiger charge is -2.12. The Morgan fingerprint density at radius 1 is 1.31 bits per heavy atom. The van der Waals surface area contributed by atoms with Crippen LogP contribution in [0.15, 0.2) is 35.5 Å². The van der Waals surface area contributed by atoms with E-state index in [-0.39, 0.29) is 12.3 Å². The third-order valence-corrected chi connectivity index (χ3v) is 2.65. The molecule has 0 fully saturated rings. The third-order valence-electron chi connectivity index (χ3n) is 2.65. The lowest BCUT2D eigenvalue weighted by Crippen LogP contribution is -2.17. The molecule has 1 aromatic carbocycles. The van der Waals surface area contributed by atoms with Gasteiger partial charge in [0, 0.05) is 0 Å². The van der Waals surface area contributed by atoms with Crippen molar-refractivity contribution in [2.24, 2.45) is 5.18 Å². The van der Waals surface area contributed by atoms with E-state index in [1.807, 2.05) is 37.3 Å². The van der Waals surface area contributed by atoms with Gasteiger partial charge in [0.15, 0.2) is 6.04 Å². The van der Waals surface area contributed by atoms with Gasteiger partial charge in [-0.3, -0.25) is 0 Å². The van der Waals surface area contributed by atoms with Crippen molar-refractivity contribution in [2.45, 2.75) is 31.7 Å². The summed E-state index contributed by atoms with van der Waals surface area (Å²) in [5, 5.41) is 11.3. The van der Waals surface area contributed by atoms with Crippen molar-refractivity contribution < 1.29 is 9.90 Å². The molecule has 4 heteroatoms. The largest absolute Gasteiger partial charge is 0.480 e. The molecule has 0 aromatic heterocycles. The fourth-order valence-electron chi connectivity index (χ4n) is 1.58. The average Bonchev–Trinajstić information content (AvgIpc) is 2.30. The van der Waals surface area contributed by atoms with E-state index in [0.717, 1.165) is 5.56 Å². The summed E-state index contributed by atoms with van der Waals surface area (Å²) in [6.07, 6.45) is 0.932. The Bertz CT molecular complexity index is 351. The molecule has 16 heavy (non-hydrogen) atoms. The van der Waals surface area contributed by atoms with Crippen LogP contribution < -0.4 is 0 Å². The first kappa shape index (κ1) is 12.4. The number of carboxylic acids is 1. The number of nitroso groups, excluding NO2 is 1. The molecule has 0 aliphatic heterocycles. The number of aliphatic carboxylic acids is 1. The fourth-order valence-corrected chi connectivity index (χ4v) is 1.58. The minimum absolute atomic E-state index is 0.241. The van der Waals surface area contributed by atoms with Crippen LogP contribution in [0.25, 0.3) is 0 Å². The van der Waals surface area contributed by atoms with E-state index in [4.69, 9.17) is 5.11 Å². The molecule has 0 saturated carbocycles. The number of nitrogens with zero attached hydrogens (tertiary/aromatic N) is 1. The van der Waals surface area contributed by atoms with Gasteiger partial charge in [0.25, 0.3) is 0 Å². The fraction of sp³-hybridized carbons (Fsp3) is 0.417. The van der Waals surface area contributed by atoms with Crippen LogP contribution in [-0.4, -0.2) is 17.1 Å². The molecule has 0 spiro atoms. The Morgan fingerprint density at radius 2 is 1.94 bits per heavy atom. The Kier molecular flexibility index (Phi) is 4.64. The van der Waals surface area contributed by atoms with Crippen LogP contribution in [0.1, 0.15) is 31.2 Å². The van der Waals surface area contributed by atoms with Crippen LogP contribution in [0.4, 0.5) is 0 Å². The first-order valence-electron chi connectivity index (χ1n) is 5.25. The zero-order valence-corrected chi connectivity index (χ0v) is 9.17. The monoisotopic (exact) mass is 221 g/mol. The molecule has 1 rings (SSSR count). The minimum Gasteiger partial charge on any atom is -0.480 e. The van der Waals surface area contributed by atoms with E-state index in [9.17, 15) is 9.70 Å². The van der Waals surface area contributed by atoms with E-state index in [0.29, 0.717) is 6.42 Å². The predicted octanol–water partition coefficient (Wildman–Crippen LogP) is 2.79. The van der Waals surface area contributed by atoms with Crippen LogP contribution in [-0.2, 0) is 4.79 Å². The molecule has 0 radical (unpaired) electrons. The van der Waals surface area contributed by atoms with E-state index in [2.05, 4.69) is 5.18 Å². The van der Waals surface area contributed by atoms with Crippen LogP contribution >= 0.6 is 0 Å². The molecule has 1 aromatic rings. The van der Waals surface area contributed by atoms with Gasteiger partial charge in [0.2, 0.25) is 0 Å². The molecular formula is C12H15NO3. The maximum atomic E-state index is 10.6. The summed E-state index contributed by atoms with van der Waals surface area (Å²) in [4.78, 5) is 20.9. The van der Waals surface area contributed by atoms with Crippen molar-refractivity contribution in [2.75, 3.05) is 0 Å². The van der Waals surface area contributed by atoms with Crippen molar-refractivity contribution in [1.29, 1.82) is 0 Å². The van der Waals surface area contributed by atoms with Crippen molar-refractivity contribution in [1.82, 2.24) is 0 Å². The second-order valence-corrected chi connectivity index (χ2v) is 3.85. The molecule has 0 saturated heterocycles. The molecule has 0 amide bonds. The highest BCUT2D eigenvalue weighted by molar-refractivity contribution is 5.73. The maximum absolute atomic E-state index is 10.6. The first-order chi connectivity index (χ1) is 7.65. The van der Waals surface area contributed by atoms with Gasteiger partial charge in [0.1, 0.15) is 0 Å². The van der Waals surface area contributed by atoms with Gasteiger partial charge in [-0.05, 0) is 24.3 Å². The molecule has 0 bridgehead atoms. The van der Waals surface area contributed by atoms with Gasteiger partial charge in [0.05, 0.1) is 0 Å². The van der Waals surface area contributed by atoms with Gasteiger partial charge >= 0.3 is 5.97 Å². The third kappa shape index (κ3) is 3.46. The molecule has 86 valence electrons. The molecular weight excluding hydrogens is 206 g/mol. The SMILES string of the molecule is CC(CCC(N=O)C(=O)O)c1ccccc1. The van der Waals surface area contributed by atoms with Crippen LogP contribution in [0.2, 0.25) is 0 Å². The van der Waals surface area contributed by atoms with Crippen molar-refractivity contribution in [3.05, 3.63) is 40.8 Å². The van der Waals surface area contributed by atoms with Gasteiger partial charge in [-0.1, -0.05) is 42.4 Å². The molecule has 2 unspecified atom stereocenters. The van der Waals surface area contributed by atoms with Crippen molar-refractivity contribution >= 4 is 5.97 Å². The first-order valence-corrected chi connectivity index (χ1v) is 5.25. The Labute approximate surface area is 94.3 Å². The van der Waals surface area contributed by atoms with Gasteiger partial charge in [-0.15, -0.1) is 4.91 Å². The van der Waals surface area contributed by atoms with Crippen LogP contribution in [0.3, 0.4) is 0 Å². The Morgan fingerprint density at radius 3 is 2.44 bits per heavy atom. The van der Waals surface area contributed by atoms with Crippen molar-refractivity contribution in [3.63, 3.8) is 0 Å². The molecule has 1 N–H and O–H groups in total. The van der Waals surface area contributed by atoms with E-state index < -0.39 is 12.0 Å². The highest BCUT2D eigenvalue weighted by Crippen LogP contribution is 2.21. The van der Waals surface area contributed by atoms with Gasteiger partial charge in [-0.25, -0.2) is 4.79 Å². The number of benzene rings is 1. The maximum Gasteiger partial charge on any atom is 0.332 e. The zero-order valence-electron chi connectivity index (χ0n) is 9.17. The van der Waals surface area contributed by atoms with Crippen molar-refractivity contribution in [3.8, 4) is 0 Å². The summed E-state index contributed by atoms with van der Waals surface area (Å²) in [7, 11) is 0. The molecule has 0 heterocycles. The number of hydrogen-bond donors (Lipinski definition) is 1. The van der Waals surface area contributed by atoms with E-state index in [1.54, 1.807) is 0 Å². The zero-order chi connectivity index (χ0) is 12.0. The second kappa shape index (κ2) is 6.00. The summed E-state index contributed by atoms with van der Waals surface area (Å²) >= 11 is 0. The van der Waals surface area contributed by atoms with Gasteiger partial charge in [-0.2, -0.15) is 0 Å². The Balaban J connectivity index is 2.49. The molecule has 0 aliphatic rings. The molecule has 0 aliphatic carbocycles. The standard InChI is InChI=1S/C12H15NO3/c1-9(10-5-3-2-4-6-10)7-8-11(13-16)12(14)15/h2-6,9,11H,7-8H2,1H3,(H,14,15). The molecule has 2 atom stereocenters. The Hall–Kier alpha value is -1.71. The summed E-state index contributed by atoms with van der Waals surface area (Å²) in [5.41, 5.74) is 1.15. The lowest BCUT2D eigenvalue weighted by atomic mass is 9.94. The predicted molar refractivity (Wildman–Crippen MR) is 61.3 cm³/mol. The van der Waals surface area contributed by atoms with Crippen LogP contribution in [0, 0.1) is 4.91 Å². The minimum atomic E-state index is -1.14. The normalized spacial score (nSPS) is 14.1. The smallest absolute Gasteiger partial charge is 0.332 e. The number of rotatable bonds is 6. The van der Waals surface area contributed by atoms with E-state index >= 15 is 0 Å². The summed E-state index contributed by atoms with van der Waals surface area (Å²) < 4.78 is 0. The number of carbonyl (C=O) groups is 1. The highest BCUT2D eigenvalue weighted by Gasteiger charge is 2.19. The second-order valence-electron chi connectivity index (χ2n) is 3.85. The van der Waals surface area contributed by atoms with Gasteiger partial charge < -0.3 is 5.11 Å². The highest BCUT2D eigenvalue weighted by atomic mass is 16.4. The summed E-state index contributed by atoms with van der Waals surface area (Å²) in [6.45, 7) is 2.01. The molecule has 4 nitrogen and oxygen atoms in total. The van der Waals surface area contributed by atoms with Crippen LogP contribution in [0.5, 0.6) is 0 Å².